The molecule has 0 fully saturated rings. The van der Waals surface area contributed by atoms with Crippen LogP contribution in [0, 0.1) is 19.8 Å². The van der Waals surface area contributed by atoms with Gasteiger partial charge in [0, 0.05) is 19.2 Å². The van der Waals surface area contributed by atoms with E-state index in [-0.39, 0.29) is 0 Å². The van der Waals surface area contributed by atoms with E-state index in [4.69, 9.17) is 10.5 Å². The fraction of sp³-hybridized carbons (Fsp3) is 0.375. The summed E-state index contributed by atoms with van der Waals surface area (Å²) in [5, 5.41) is 0. The molecule has 0 radical (unpaired) electrons. The summed E-state index contributed by atoms with van der Waals surface area (Å²) in [5.41, 5.74) is 12.7. The van der Waals surface area contributed by atoms with E-state index in [1.165, 1.54) is 0 Å². The highest BCUT2D eigenvalue weighted by Crippen LogP contribution is 2.26. The molecule has 6 heteroatoms. The second kappa shape index (κ2) is 8.05. The number of ether oxygens (including phenoxy) is 1. The van der Waals surface area contributed by atoms with Crippen molar-refractivity contribution in [1.82, 2.24) is 14.6 Å². The molecule has 2 rings (SSSR count). The van der Waals surface area contributed by atoms with Gasteiger partial charge in [0.1, 0.15) is 12.1 Å². The standard InChI is InChI=1S/C14H21N5O.C2H2/c1-5-7-10-9(3)13-12(14(15)17-10)18-11(8-20-6-2)19(13)16-4;1-2/h5,7,16H,6,8H2,1-4H3,(H2,15,17);1-2H/b7-5-;. The van der Waals surface area contributed by atoms with Gasteiger partial charge in [-0.2, -0.15) is 0 Å². The highest BCUT2D eigenvalue weighted by atomic mass is 16.5. The number of aryl methyl sites for hydroxylation is 1. The Hall–Kier alpha value is -2.52. The summed E-state index contributed by atoms with van der Waals surface area (Å²) in [6, 6.07) is 0. The molecule has 6 nitrogen and oxygen atoms in total. The van der Waals surface area contributed by atoms with E-state index in [9.17, 15) is 0 Å². The van der Waals surface area contributed by atoms with Crippen molar-refractivity contribution in [3.8, 4) is 12.8 Å². The maximum absolute atomic E-state index is 6.03. The molecular formula is C16H23N5O. The number of nitrogens with zero attached hydrogens (tertiary/aromatic N) is 3. The fourth-order valence-electron chi connectivity index (χ4n) is 2.23. The Morgan fingerprint density at radius 1 is 1.36 bits per heavy atom. The Bertz CT molecular complexity index is 685. The second-order valence-electron chi connectivity index (χ2n) is 4.43. The van der Waals surface area contributed by atoms with Gasteiger partial charge < -0.3 is 15.9 Å². The zero-order valence-electron chi connectivity index (χ0n) is 13.6. The number of nitrogens with one attached hydrogen (secondary N) is 1. The quantitative estimate of drug-likeness (QED) is 0.829. The lowest BCUT2D eigenvalue weighted by Gasteiger charge is -2.10. The van der Waals surface area contributed by atoms with Gasteiger partial charge in [0.05, 0.1) is 11.2 Å². The molecule has 118 valence electrons. The number of terminal acetylenes is 1. The van der Waals surface area contributed by atoms with Crippen LogP contribution in [0.25, 0.3) is 17.1 Å². The maximum atomic E-state index is 6.03. The molecule has 3 N–H and O–H groups in total. The summed E-state index contributed by atoms with van der Waals surface area (Å²) in [6.45, 7) is 7.01. The second-order valence-corrected chi connectivity index (χ2v) is 4.43. The van der Waals surface area contributed by atoms with Crippen molar-refractivity contribution in [2.75, 3.05) is 24.8 Å². The van der Waals surface area contributed by atoms with Crippen molar-refractivity contribution < 1.29 is 4.74 Å². The minimum atomic E-state index is 0.434. The monoisotopic (exact) mass is 301 g/mol. The summed E-state index contributed by atoms with van der Waals surface area (Å²) in [4.78, 5) is 8.95. The first-order valence-corrected chi connectivity index (χ1v) is 7.02. The van der Waals surface area contributed by atoms with E-state index >= 15 is 0 Å². The van der Waals surface area contributed by atoms with Gasteiger partial charge in [-0.1, -0.05) is 6.08 Å². The first kappa shape index (κ1) is 17.5. The number of rotatable bonds is 5. The van der Waals surface area contributed by atoms with Crippen molar-refractivity contribution in [3.63, 3.8) is 0 Å². The molecule has 0 unspecified atom stereocenters. The molecule has 2 aromatic heterocycles. The number of anilines is 1. The smallest absolute Gasteiger partial charge is 0.154 e. The number of hydrogen-bond donors (Lipinski definition) is 2. The molecule has 0 bridgehead atoms. The number of aromatic nitrogens is 3. The number of nitrogen functional groups attached to an aromatic ring is 1. The van der Waals surface area contributed by atoms with Crippen molar-refractivity contribution >= 4 is 22.9 Å². The first-order valence-electron chi connectivity index (χ1n) is 7.02. The highest BCUT2D eigenvalue weighted by molar-refractivity contribution is 5.90. The summed E-state index contributed by atoms with van der Waals surface area (Å²) in [6.07, 6.45) is 11.9. The number of pyridine rings is 1. The molecule has 0 atom stereocenters. The van der Waals surface area contributed by atoms with Crippen LogP contribution in [-0.4, -0.2) is 28.3 Å². The minimum Gasteiger partial charge on any atom is -0.382 e. The largest absolute Gasteiger partial charge is 0.382 e. The van der Waals surface area contributed by atoms with Gasteiger partial charge in [-0.05, 0) is 26.8 Å². The molecular weight excluding hydrogens is 278 g/mol. The van der Waals surface area contributed by atoms with Gasteiger partial charge in [0.15, 0.2) is 11.6 Å². The average molecular weight is 301 g/mol. The third-order valence-electron chi connectivity index (χ3n) is 3.15. The van der Waals surface area contributed by atoms with Crippen LogP contribution in [0.5, 0.6) is 0 Å². The predicted molar refractivity (Wildman–Crippen MR) is 91.9 cm³/mol. The summed E-state index contributed by atoms with van der Waals surface area (Å²) in [7, 11) is 1.85. The number of fused-ring (bicyclic) bond motifs is 1. The van der Waals surface area contributed by atoms with Crippen LogP contribution in [0.3, 0.4) is 0 Å². The Morgan fingerprint density at radius 2 is 2.05 bits per heavy atom. The van der Waals surface area contributed by atoms with Crippen LogP contribution in [0.1, 0.15) is 30.9 Å². The lowest BCUT2D eigenvalue weighted by molar-refractivity contribution is 0.127. The number of imidazole rings is 1. The van der Waals surface area contributed by atoms with Crippen molar-refractivity contribution in [2.24, 2.45) is 0 Å². The van der Waals surface area contributed by atoms with Crippen molar-refractivity contribution in [2.45, 2.75) is 27.4 Å². The molecule has 0 amide bonds. The summed E-state index contributed by atoms with van der Waals surface area (Å²) in [5.74, 6) is 1.23. The SMILES string of the molecule is C#C.C/C=C\c1nc(N)c2nc(COCC)n(NC)c2c1C. The molecule has 0 aliphatic heterocycles. The third-order valence-corrected chi connectivity index (χ3v) is 3.15. The zero-order valence-corrected chi connectivity index (χ0v) is 13.6. The Labute approximate surface area is 131 Å². The molecule has 0 saturated heterocycles. The molecule has 0 aliphatic rings. The summed E-state index contributed by atoms with van der Waals surface area (Å²) < 4.78 is 7.36. The lowest BCUT2D eigenvalue weighted by Crippen LogP contribution is -2.14. The normalized spacial score (nSPS) is 10.6. The van der Waals surface area contributed by atoms with E-state index in [2.05, 4.69) is 28.2 Å². The molecule has 2 aromatic rings. The number of nitrogens with two attached hydrogens (primary N) is 1. The van der Waals surface area contributed by atoms with Crippen LogP contribution in [-0.2, 0) is 11.3 Å². The zero-order chi connectivity index (χ0) is 16.7. The van der Waals surface area contributed by atoms with Gasteiger partial charge in [0.25, 0.3) is 0 Å². The Kier molecular flexibility index (Phi) is 6.42. The number of allylic oxidation sites excluding steroid dienone is 1. The molecule has 0 spiro atoms. The lowest BCUT2D eigenvalue weighted by atomic mass is 10.1. The van der Waals surface area contributed by atoms with E-state index in [1.807, 2.05) is 44.6 Å². The molecule has 22 heavy (non-hydrogen) atoms. The number of hydrogen-bond acceptors (Lipinski definition) is 5. The minimum absolute atomic E-state index is 0.434. The van der Waals surface area contributed by atoms with Gasteiger partial charge >= 0.3 is 0 Å². The van der Waals surface area contributed by atoms with Crippen molar-refractivity contribution in [1.29, 1.82) is 0 Å². The predicted octanol–water partition coefficient (Wildman–Crippen LogP) is 2.31. The molecule has 0 saturated carbocycles. The molecule has 0 aliphatic carbocycles. The van der Waals surface area contributed by atoms with E-state index in [0.29, 0.717) is 24.5 Å². The average Bonchev–Trinajstić information content (AvgIpc) is 2.91. The molecule has 0 aromatic carbocycles. The topological polar surface area (TPSA) is 78.0 Å². The van der Waals surface area contributed by atoms with Crippen LogP contribution in [0.4, 0.5) is 5.82 Å². The van der Waals surface area contributed by atoms with Gasteiger partial charge in [-0.3, -0.25) is 0 Å². The van der Waals surface area contributed by atoms with Gasteiger partial charge in [-0.25, -0.2) is 14.6 Å². The Morgan fingerprint density at radius 3 is 2.59 bits per heavy atom. The highest BCUT2D eigenvalue weighted by Gasteiger charge is 2.17. The van der Waals surface area contributed by atoms with Gasteiger partial charge in [-0.15, -0.1) is 12.8 Å². The van der Waals surface area contributed by atoms with Crippen molar-refractivity contribution in [3.05, 3.63) is 23.2 Å². The maximum Gasteiger partial charge on any atom is 0.154 e. The van der Waals surface area contributed by atoms with Gasteiger partial charge in [0.2, 0.25) is 0 Å². The molecule has 2 heterocycles. The first-order chi connectivity index (χ1) is 10.6. The van der Waals surface area contributed by atoms with E-state index < -0.39 is 0 Å². The van der Waals surface area contributed by atoms with E-state index in [1.54, 1.807) is 0 Å². The fourth-order valence-corrected chi connectivity index (χ4v) is 2.23. The Balaban J connectivity index is 0.00000116. The van der Waals surface area contributed by atoms with Crippen LogP contribution in [0.15, 0.2) is 6.08 Å². The summed E-state index contributed by atoms with van der Waals surface area (Å²) >= 11 is 0. The van der Waals surface area contributed by atoms with Crippen LogP contribution < -0.4 is 11.2 Å². The van der Waals surface area contributed by atoms with Crippen LogP contribution in [0.2, 0.25) is 0 Å². The van der Waals surface area contributed by atoms with Crippen LogP contribution >= 0.6 is 0 Å². The van der Waals surface area contributed by atoms with E-state index in [0.717, 1.165) is 22.6 Å². The third kappa shape index (κ3) is 3.21.